The summed E-state index contributed by atoms with van der Waals surface area (Å²) in [6.07, 6.45) is -0.564. The van der Waals surface area contributed by atoms with E-state index in [9.17, 15) is 5.11 Å². The van der Waals surface area contributed by atoms with E-state index in [0.29, 0.717) is 0 Å². The maximum absolute atomic E-state index is 12.6. The number of ether oxygens (including phenoxy) is 4. The molecule has 1 N–H and O–H groups in total. The SMILES string of the molecule is COc1ccc(C2C3C(O)C4C(c5ccc(OC)cc5)N2CN(C3c2ccc(OC)cc2)C4c2ccc(OC)cc2)cc1. The molecule has 0 amide bonds. The van der Waals surface area contributed by atoms with Crippen LogP contribution in [0.25, 0.3) is 0 Å². The second-order valence-corrected chi connectivity index (χ2v) is 11.7. The van der Waals surface area contributed by atoms with Gasteiger partial charge in [0.25, 0.3) is 0 Å². The van der Waals surface area contributed by atoms with Crippen molar-refractivity contribution in [3.8, 4) is 23.0 Å². The van der Waals surface area contributed by atoms with Crippen molar-refractivity contribution in [2.24, 2.45) is 11.8 Å². The largest absolute Gasteiger partial charge is 0.497 e. The number of aliphatic hydroxyl groups excluding tert-OH is 1. The molecule has 4 aliphatic heterocycles. The normalized spacial score (nSPS) is 30.6. The Hall–Kier alpha value is -4.04. The Balaban J connectivity index is 1.40. The molecule has 4 aliphatic rings. The van der Waals surface area contributed by atoms with Crippen LogP contribution in [0.2, 0.25) is 0 Å². The molecule has 4 unspecified atom stereocenters. The van der Waals surface area contributed by atoms with Crippen LogP contribution < -0.4 is 18.9 Å². The zero-order chi connectivity index (χ0) is 29.7. The van der Waals surface area contributed by atoms with Crippen LogP contribution >= 0.6 is 0 Å². The average Bonchev–Trinajstić information content (AvgIpc) is 3.07. The molecule has 43 heavy (non-hydrogen) atoms. The molecule has 4 saturated heterocycles. The second-order valence-electron chi connectivity index (χ2n) is 11.7. The van der Waals surface area contributed by atoms with Crippen molar-refractivity contribution in [3.63, 3.8) is 0 Å². The van der Waals surface area contributed by atoms with E-state index in [-0.39, 0.29) is 36.0 Å². The van der Waals surface area contributed by atoms with Crippen LogP contribution in [0.4, 0.5) is 0 Å². The first-order chi connectivity index (χ1) is 21.1. The molecular formula is C36H38N2O5. The van der Waals surface area contributed by atoms with Crippen molar-refractivity contribution in [1.29, 1.82) is 0 Å². The molecule has 4 bridgehead atoms. The van der Waals surface area contributed by atoms with Crippen LogP contribution in [0.15, 0.2) is 97.1 Å². The summed E-state index contributed by atoms with van der Waals surface area (Å²) in [5.74, 6) is 3.19. The number of hydrogen-bond acceptors (Lipinski definition) is 7. The van der Waals surface area contributed by atoms with Gasteiger partial charge >= 0.3 is 0 Å². The van der Waals surface area contributed by atoms with E-state index < -0.39 is 6.10 Å². The number of piperidine rings is 2. The summed E-state index contributed by atoms with van der Waals surface area (Å²) in [5.41, 5.74) is 4.73. The minimum atomic E-state index is -0.564. The molecule has 4 heterocycles. The van der Waals surface area contributed by atoms with Gasteiger partial charge < -0.3 is 24.1 Å². The molecule has 7 heteroatoms. The molecule has 0 aromatic heterocycles. The third kappa shape index (κ3) is 4.54. The van der Waals surface area contributed by atoms with E-state index in [4.69, 9.17) is 18.9 Å². The zero-order valence-electron chi connectivity index (χ0n) is 25.0. The standard InChI is InChI=1S/C36H38N2O5/c1-40-26-13-5-22(6-14-26)32-30-33(23-7-15-27(41-2)16-8-23)38-21-37(32)34(24-9-17-28(42-3)18-10-24)31(36(30)39)35(38)25-11-19-29(43-4)20-12-25/h5-20,30-36,39H,21H2,1-4H3. The predicted octanol–water partition coefficient (Wildman–Crippen LogP) is 6.18. The van der Waals surface area contributed by atoms with Crippen molar-refractivity contribution in [3.05, 3.63) is 119 Å². The summed E-state index contributed by atoms with van der Waals surface area (Å²) in [6.45, 7) is 0.750. The Kier molecular flexibility index (Phi) is 7.25. The highest BCUT2D eigenvalue weighted by molar-refractivity contribution is 5.41. The molecule has 0 aliphatic carbocycles. The highest BCUT2D eigenvalue weighted by Gasteiger charge is 2.65. The van der Waals surface area contributed by atoms with Crippen LogP contribution in [0.5, 0.6) is 23.0 Å². The fourth-order valence-corrected chi connectivity index (χ4v) is 7.98. The van der Waals surface area contributed by atoms with E-state index in [1.54, 1.807) is 28.4 Å². The van der Waals surface area contributed by atoms with Gasteiger partial charge in [-0.2, -0.15) is 0 Å². The van der Waals surface area contributed by atoms with Gasteiger partial charge in [0.05, 0.1) is 41.2 Å². The van der Waals surface area contributed by atoms with Crippen molar-refractivity contribution in [1.82, 2.24) is 9.80 Å². The van der Waals surface area contributed by atoms with Gasteiger partial charge in [0.15, 0.2) is 0 Å². The molecule has 4 aromatic rings. The van der Waals surface area contributed by atoms with E-state index in [0.717, 1.165) is 29.7 Å². The first-order valence-corrected chi connectivity index (χ1v) is 14.8. The molecule has 4 fully saturated rings. The average molecular weight is 579 g/mol. The third-order valence-corrected chi connectivity index (χ3v) is 9.83. The van der Waals surface area contributed by atoms with Crippen molar-refractivity contribution in [2.75, 3.05) is 35.1 Å². The molecular weight excluding hydrogens is 540 g/mol. The smallest absolute Gasteiger partial charge is 0.118 e. The lowest BCUT2D eigenvalue weighted by atomic mass is 9.59. The topological polar surface area (TPSA) is 63.6 Å². The molecule has 0 spiro atoms. The predicted molar refractivity (Wildman–Crippen MR) is 164 cm³/mol. The number of rotatable bonds is 8. The maximum Gasteiger partial charge on any atom is 0.118 e. The van der Waals surface area contributed by atoms with Crippen LogP contribution in [-0.2, 0) is 0 Å². The van der Waals surface area contributed by atoms with Crippen molar-refractivity contribution < 1.29 is 24.1 Å². The van der Waals surface area contributed by atoms with Crippen molar-refractivity contribution in [2.45, 2.75) is 30.3 Å². The Bertz CT molecular complexity index is 1310. The zero-order valence-corrected chi connectivity index (χ0v) is 25.0. The Morgan fingerprint density at radius 3 is 0.884 bits per heavy atom. The van der Waals surface area contributed by atoms with Gasteiger partial charge in [-0.05, 0) is 70.8 Å². The monoisotopic (exact) mass is 578 g/mol. The highest BCUT2D eigenvalue weighted by Crippen LogP contribution is 2.65. The summed E-state index contributed by atoms with van der Waals surface area (Å²) in [4.78, 5) is 5.21. The van der Waals surface area contributed by atoms with Gasteiger partial charge in [0, 0.05) is 36.0 Å². The van der Waals surface area contributed by atoms with E-state index in [2.05, 4.69) is 58.3 Å². The third-order valence-electron chi connectivity index (χ3n) is 9.83. The number of hydrogen-bond donors (Lipinski definition) is 1. The molecule has 7 nitrogen and oxygen atoms in total. The first kappa shape index (κ1) is 27.8. The lowest BCUT2D eigenvalue weighted by Crippen LogP contribution is -2.71. The molecule has 8 rings (SSSR count). The summed E-state index contributed by atoms with van der Waals surface area (Å²) < 4.78 is 22.0. The summed E-state index contributed by atoms with van der Waals surface area (Å²) in [6, 6.07) is 33.5. The Morgan fingerprint density at radius 2 is 0.674 bits per heavy atom. The van der Waals surface area contributed by atoms with Gasteiger partial charge in [-0.25, -0.2) is 0 Å². The van der Waals surface area contributed by atoms with Crippen LogP contribution in [0.3, 0.4) is 0 Å². The van der Waals surface area contributed by atoms with E-state index >= 15 is 0 Å². The minimum absolute atomic E-state index is 0.00410. The fraction of sp³-hybridized carbons (Fsp3) is 0.333. The summed E-state index contributed by atoms with van der Waals surface area (Å²) >= 11 is 0. The van der Waals surface area contributed by atoms with Crippen LogP contribution in [0.1, 0.15) is 46.4 Å². The van der Waals surface area contributed by atoms with Crippen LogP contribution in [-0.4, -0.2) is 56.1 Å². The number of nitrogens with zero attached hydrogens (tertiary/aromatic N) is 2. The van der Waals surface area contributed by atoms with Gasteiger partial charge in [-0.1, -0.05) is 48.5 Å². The Morgan fingerprint density at radius 1 is 0.442 bits per heavy atom. The number of benzene rings is 4. The lowest BCUT2D eigenvalue weighted by Gasteiger charge is -2.69. The molecule has 0 radical (unpaired) electrons. The van der Waals surface area contributed by atoms with Crippen molar-refractivity contribution >= 4 is 0 Å². The molecule has 4 atom stereocenters. The second kappa shape index (κ2) is 11.2. The minimum Gasteiger partial charge on any atom is -0.497 e. The van der Waals surface area contributed by atoms with Gasteiger partial charge in [-0.15, -0.1) is 0 Å². The fourth-order valence-electron chi connectivity index (χ4n) is 7.98. The number of methoxy groups -OCH3 is 4. The van der Waals surface area contributed by atoms with Gasteiger partial charge in [0.1, 0.15) is 23.0 Å². The van der Waals surface area contributed by atoms with Gasteiger partial charge in [0.2, 0.25) is 0 Å². The molecule has 0 saturated carbocycles. The maximum atomic E-state index is 12.6. The Labute approximate surface area is 253 Å². The highest BCUT2D eigenvalue weighted by atomic mass is 16.5. The van der Waals surface area contributed by atoms with Gasteiger partial charge in [-0.3, -0.25) is 9.80 Å². The van der Waals surface area contributed by atoms with E-state index in [1.807, 2.05) is 48.5 Å². The summed E-state index contributed by atoms with van der Waals surface area (Å²) in [5, 5.41) is 12.6. The quantitative estimate of drug-likeness (QED) is 0.268. The molecule has 222 valence electrons. The van der Waals surface area contributed by atoms with Crippen LogP contribution in [0, 0.1) is 11.8 Å². The summed E-state index contributed by atoms with van der Waals surface area (Å²) in [7, 11) is 6.77. The number of aliphatic hydroxyl groups is 1. The lowest BCUT2D eigenvalue weighted by molar-refractivity contribution is -0.260. The molecule has 4 aromatic carbocycles. The van der Waals surface area contributed by atoms with E-state index in [1.165, 1.54) is 22.3 Å². The first-order valence-electron chi connectivity index (χ1n) is 14.8.